The van der Waals surface area contributed by atoms with Crippen molar-refractivity contribution >= 4 is 17.2 Å². The Bertz CT molecular complexity index is 340. The van der Waals surface area contributed by atoms with Crippen molar-refractivity contribution < 1.29 is 9.90 Å². The summed E-state index contributed by atoms with van der Waals surface area (Å²) >= 11 is 1.52. The summed E-state index contributed by atoms with van der Waals surface area (Å²) < 4.78 is 0. The summed E-state index contributed by atoms with van der Waals surface area (Å²) in [5.41, 5.74) is 6.61. The predicted molar refractivity (Wildman–Crippen MR) is 69.7 cm³/mol. The predicted octanol–water partition coefficient (Wildman–Crippen LogP) is 1.27. The van der Waals surface area contributed by atoms with Crippen molar-refractivity contribution in [2.75, 3.05) is 6.54 Å². The van der Waals surface area contributed by atoms with Crippen molar-refractivity contribution in [1.29, 1.82) is 0 Å². The lowest BCUT2D eigenvalue weighted by Gasteiger charge is -2.18. The van der Waals surface area contributed by atoms with Crippen molar-refractivity contribution in [3.8, 4) is 0 Å². The first-order valence-corrected chi connectivity index (χ1v) is 6.74. The molecular formula is C12H20N2O2S. The van der Waals surface area contributed by atoms with Crippen molar-refractivity contribution in [3.63, 3.8) is 0 Å². The third-order valence-corrected chi connectivity index (χ3v) is 3.66. The van der Waals surface area contributed by atoms with Gasteiger partial charge in [0.15, 0.2) is 0 Å². The number of thiophene rings is 1. The minimum Gasteiger partial charge on any atom is -0.387 e. The fourth-order valence-corrected chi connectivity index (χ4v) is 2.12. The van der Waals surface area contributed by atoms with Gasteiger partial charge in [-0.1, -0.05) is 20.3 Å². The quantitative estimate of drug-likeness (QED) is 0.717. The Morgan fingerprint density at radius 2 is 2.35 bits per heavy atom. The molecule has 1 amide bonds. The first-order valence-electron chi connectivity index (χ1n) is 5.79. The zero-order valence-corrected chi connectivity index (χ0v) is 11.0. The lowest BCUT2D eigenvalue weighted by atomic mass is 9.99. The molecule has 2 unspecified atom stereocenters. The molecule has 96 valence electrons. The Morgan fingerprint density at radius 3 is 2.88 bits per heavy atom. The first kappa shape index (κ1) is 14.2. The molecule has 1 aromatic rings. The Labute approximate surface area is 106 Å². The smallest absolute Gasteiger partial charge is 0.237 e. The van der Waals surface area contributed by atoms with Crippen LogP contribution in [0.25, 0.3) is 0 Å². The summed E-state index contributed by atoms with van der Waals surface area (Å²) in [6, 6.07) is 1.34. The van der Waals surface area contributed by atoms with Gasteiger partial charge >= 0.3 is 0 Å². The van der Waals surface area contributed by atoms with Gasteiger partial charge in [0, 0.05) is 6.54 Å². The summed E-state index contributed by atoms with van der Waals surface area (Å²) in [5.74, 6) is -0.0538. The highest BCUT2D eigenvalue weighted by Gasteiger charge is 2.20. The largest absolute Gasteiger partial charge is 0.387 e. The van der Waals surface area contributed by atoms with E-state index in [-0.39, 0.29) is 18.4 Å². The molecule has 1 aromatic heterocycles. The molecule has 0 bridgehead atoms. The first-order chi connectivity index (χ1) is 8.06. The maximum absolute atomic E-state index is 11.7. The number of rotatable bonds is 6. The molecule has 0 saturated carbocycles. The minimum absolute atomic E-state index is 0.147. The van der Waals surface area contributed by atoms with Gasteiger partial charge in [0.2, 0.25) is 5.91 Å². The second-order valence-electron chi connectivity index (χ2n) is 4.23. The van der Waals surface area contributed by atoms with Crippen molar-refractivity contribution in [1.82, 2.24) is 5.32 Å². The van der Waals surface area contributed by atoms with Crippen LogP contribution in [-0.4, -0.2) is 23.6 Å². The van der Waals surface area contributed by atoms with Gasteiger partial charge in [-0.25, -0.2) is 0 Å². The minimum atomic E-state index is -0.658. The molecule has 0 fully saturated rings. The SMILES string of the molecule is CCC(C)[C@H](N)C(=O)NCC(O)c1ccsc1. The fourth-order valence-electron chi connectivity index (χ4n) is 1.41. The van der Waals surface area contributed by atoms with Crippen LogP contribution < -0.4 is 11.1 Å². The normalized spacial score (nSPS) is 16.2. The second kappa shape index (κ2) is 6.74. The zero-order chi connectivity index (χ0) is 12.8. The molecule has 0 spiro atoms. The maximum Gasteiger partial charge on any atom is 0.237 e. The molecule has 5 heteroatoms. The Balaban J connectivity index is 2.38. The molecule has 4 nitrogen and oxygen atoms in total. The highest BCUT2D eigenvalue weighted by molar-refractivity contribution is 7.07. The Hall–Kier alpha value is -0.910. The molecule has 0 aromatic carbocycles. The molecule has 3 atom stereocenters. The van der Waals surface area contributed by atoms with Gasteiger partial charge in [0.05, 0.1) is 12.1 Å². The molecule has 0 saturated heterocycles. The van der Waals surface area contributed by atoms with Crippen LogP contribution in [0.3, 0.4) is 0 Å². The van der Waals surface area contributed by atoms with Crippen molar-refractivity contribution in [3.05, 3.63) is 22.4 Å². The van der Waals surface area contributed by atoms with Gasteiger partial charge in [0.25, 0.3) is 0 Å². The number of nitrogens with one attached hydrogen (secondary N) is 1. The van der Waals surface area contributed by atoms with Gasteiger partial charge in [-0.15, -0.1) is 0 Å². The topological polar surface area (TPSA) is 75.4 Å². The number of carbonyl (C=O) groups is 1. The third-order valence-electron chi connectivity index (χ3n) is 2.96. The molecule has 1 heterocycles. The van der Waals surface area contributed by atoms with Crippen LogP contribution in [0, 0.1) is 5.92 Å². The third kappa shape index (κ3) is 4.11. The van der Waals surface area contributed by atoms with Crippen LogP contribution in [0.15, 0.2) is 16.8 Å². The van der Waals surface area contributed by atoms with Crippen LogP contribution in [-0.2, 0) is 4.79 Å². The van der Waals surface area contributed by atoms with Crippen LogP contribution in [0.4, 0.5) is 0 Å². The standard InChI is InChI=1S/C12H20N2O2S/c1-3-8(2)11(13)12(16)14-6-10(15)9-4-5-17-7-9/h4-5,7-8,10-11,15H,3,6,13H2,1-2H3,(H,14,16)/t8?,10?,11-/m0/s1. The van der Waals surface area contributed by atoms with Gasteiger partial charge in [-0.3, -0.25) is 4.79 Å². The van der Waals surface area contributed by atoms with Crippen LogP contribution in [0.5, 0.6) is 0 Å². The van der Waals surface area contributed by atoms with E-state index in [2.05, 4.69) is 5.32 Å². The lowest BCUT2D eigenvalue weighted by Crippen LogP contribution is -2.45. The summed E-state index contributed by atoms with van der Waals surface area (Å²) in [5, 5.41) is 16.2. The van der Waals surface area contributed by atoms with E-state index in [0.717, 1.165) is 12.0 Å². The highest BCUT2D eigenvalue weighted by atomic mass is 32.1. The van der Waals surface area contributed by atoms with Gasteiger partial charge in [0.1, 0.15) is 0 Å². The van der Waals surface area contributed by atoms with E-state index in [9.17, 15) is 9.90 Å². The monoisotopic (exact) mass is 256 g/mol. The molecule has 0 radical (unpaired) electrons. The Morgan fingerprint density at radius 1 is 1.65 bits per heavy atom. The van der Waals surface area contributed by atoms with E-state index in [1.54, 1.807) is 0 Å². The van der Waals surface area contributed by atoms with Crippen LogP contribution >= 0.6 is 11.3 Å². The molecule has 0 aliphatic rings. The molecule has 0 aliphatic heterocycles. The average molecular weight is 256 g/mol. The van der Waals surface area contributed by atoms with Crippen LogP contribution in [0.2, 0.25) is 0 Å². The van der Waals surface area contributed by atoms with Gasteiger partial charge in [-0.2, -0.15) is 11.3 Å². The van der Waals surface area contributed by atoms with E-state index in [0.29, 0.717) is 0 Å². The molecule has 17 heavy (non-hydrogen) atoms. The summed E-state index contributed by atoms with van der Waals surface area (Å²) in [6.45, 7) is 4.15. The summed E-state index contributed by atoms with van der Waals surface area (Å²) in [7, 11) is 0. The number of nitrogens with two attached hydrogens (primary N) is 1. The lowest BCUT2D eigenvalue weighted by molar-refractivity contribution is -0.123. The molecule has 1 rings (SSSR count). The van der Waals surface area contributed by atoms with Crippen LogP contribution in [0.1, 0.15) is 31.9 Å². The van der Waals surface area contributed by atoms with Crippen molar-refractivity contribution in [2.24, 2.45) is 11.7 Å². The molecule has 0 aliphatic carbocycles. The van der Waals surface area contributed by atoms with E-state index >= 15 is 0 Å². The number of aliphatic hydroxyl groups excluding tert-OH is 1. The number of amides is 1. The van der Waals surface area contributed by atoms with E-state index < -0.39 is 12.1 Å². The van der Waals surface area contributed by atoms with Gasteiger partial charge in [-0.05, 0) is 28.3 Å². The number of aliphatic hydroxyl groups is 1. The average Bonchev–Trinajstić information content (AvgIpc) is 2.87. The summed E-state index contributed by atoms with van der Waals surface area (Å²) in [4.78, 5) is 11.7. The second-order valence-corrected chi connectivity index (χ2v) is 5.01. The number of hydrogen-bond donors (Lipinski definition) is 3. The summed E-state index contributed by atoms with van der Waals surface area (Å²) in [6.07, 6.45) is 0.205. The van der Waals surface area contributed by atoms with Crippen molar-refractivity contribution in [2.45, 2.75) is 32.4 Å². The van der Waals surface area contributed by atoms with E-state index in [4.69, 9.17) is 5.73 Å². The van der Waals surface area contributed by atoms with Gasteiger partial charge < -0.3 is 16.2 Å². The fraction of sp³-hybridized carbons (Fsp3) is 0.583. The van der Waals surface area contributed by atoms with E-state index in [1.807, 2.05) is 30.7 Å². The zero-order valence-electron chi connectivity index (χ0n) is 10.2. The highest BCUT2D eigenvalue weighted by Crippen LogP contribution is 2.15. The van der Waals surface area contributed by atoms with E-state index in [1.165, 1.54) is 11.3 Å². The molecule has 4 N–H and O–H groups in total. The molecular weight excluding hydrogens is 236 g/mol. The number of carbonyl (C=O) groups excluding carboxylic acids is 1. The Kier molecular flexibility index (Phi) is 5.61. The maximum atomic E-state index is 11.7. The number of hydrogen-bond acceptors (Lipinski definition) is 4.